The molecule has 4 rings (SSSR count). The molecule has 1 saturated carbocycles. The molecule has 3 aromatic rings. The molecule has 0 aliphatic heterocycles. The molecule has 0 heterocycles. The fourth-order valence-corrected chi connectivity index (χ4v) is 6.88. The first-order valence-corrected chi connectivity index (χ1v) is 16.9. The lowest BCUT2D eigenvalue weighted by Gasteiger charge is -2.33. The summed E-state index contributed by atoms with van der Waals surface area (Å²) < 4.78 is 34.6. The Morgan fingerprint density at radius 1 is 0.886 bits per heavy atom. The maximum Gasteiger partial charge on any atom is 0.264 e. The van der Waals surface area contributed by atoms with Gasteiger partial charge in [0.2, 0.25) is 11.8 Å². The van der Waals surface area contributed by atoms with Crippen LogP contribution in [0.4, 0.5) is 5.69 Å². The van der Waals surface area contributed by atoms with E-state index >= 15 is 0 Å². The van der Waals surface area contributed by atoms with E-state index in [-0.39, 0.29) is 29.3 Å². The van der Waals surface area contributed by atoms with Crippen molar-refractivity contribution in [2.75, 3.05) is 18.0 Å². The molecular weight excluding hydrogens is 574 g/mol. The van der Waals surface area contributed by atoms with E-state index in [1.165, 1.54) is 4.90 Å². The third-order valence-corrected chi connectivity index (χ3v) is 10.2. The van der Waals surface area contributed by atoms with Crippen LogP contribution in [0.5, 0.6) is 5.75 Å². The molecule has 236 valence electrons. The Morgan fingerprint density at radius 3 is 2.07 bits per heavy atom. The second kappa shape index (κ2) is 14.8. The standard InChI is InChI=1S/C35H45N3O5S/c1-25(2)29-15-17-31(18-16-29)38(44(41,42)33-21-11-26(3)12-22-33)24-34(39)37(23-28-13-19-32(43-5)20-14-28)27(4)35(40)36-30-9-7-6-8-10-30/h11-22,25,27,30H,6-10,23-24H2,1-5H3,(H,36,40)/t27-/m1/s1. The van der Waals surface area contributed by atoms with Crippen LogP contribution < -0.4 is 14.4 Å². The number of sulfonamides is 1. The monoisotopic (exact) mass is 619 g/mol. The van der Waals surface area contributed by atoms with Crippen LogP contribution in [0.15, 0.2) is 77.7 Å². The molecule has 1 N–H and O–H groups in total. The molecule has 44 heavy (non-hydrogen) atoms. The summed E-state index contributed by atoms with van der Waals surface area (Å²) >= 11 is 0. The van der Waals surface area contributed by atoms with Gasteiger partial charge in [-0.1, -0.05) is 75.1 Å². The van der Waals surface area contributed by atoms with Crippen LogP contribution in [0, 0.1) is 6.92 Å². The average Bonchev–Trinajstić information content (AvgIpc) is 3.03. The van der Waals surface area contributed by atoms with Gasteiger partial charge < -0.3 is 15.0 Å². The Bertz CT molecular complexity index is 1500. The maximum absolute atomic E-state index is 14.2. The molecule has 8 nitrogen and oxygen atoms in total. The van der Waals surface area contributed by atoms with Crippen molar-refractivity contribution < 1.29 is 22.7 Å². The lowest BCUT2D eigenvalue weighted by Crippen LogP contribution is -2.53. The van der Waals surface area contributed by atoms with Gasteiger partial charge >= 0.3 is 0 Å². The van der Waals surface area contributed by atoms with Crippen LogP contribution in [0.2, 0.25) is 0 Å². The largest absolute Gasteiger partial charge is 0.497 e. The minimum absolute atomic E-state index is 0.0783. The zero-order valence-electron chi connectivity index (χ0n) is 26.5. The molecular formula is C35H45N3O5S. The van der Waals surface area contributed by atoms with Gasteiger partial charge in [-0.15, -0.1) is 0 Å². The van der Waals surface area contributed by atoms with Gasteiger partial charge in [0, 0.05) is 12.6 Å². The number of rotatable bonds is 12. The van der Waals surface area contributed by atoms with Crippen LogP contribution in [0.25, 0.3) is 0 Å². The Labute approximate surface area is 262 Å². The Morgan fingerprint density at radius 2 is 1.50 bits per heavy atom. The quantitative estimate of drug-likeness (QED) is 0.261. The molecule has 1 fully saturated rings. The summed E-state index contributed by atoms with van der Waals surface area (Å²) in [6, 6.07) is 20.4. The van der Waals surface area contributed by atoms with E-state index in [4.69, 9.17) is 4.74 Å². The van der Waals surface area contributed by atoms with E-state index < -0.39 is 28.5 Å². The number of anilines is 1. The number of ether oxygens (including phenoxy) is 1. The van der Waals surface area contributed by atoms with Crippen molar-refractivity contribution in [3.05, 3.63) is 89.5 Å². The molecule has 0 bridgehead atoms. The van der Waals surface area contributed by atoms with Crippen LogP contribution in [-0.2, 0) is 26.2 Å². The first-order valence-electron chi connectivity index (χ1n) is 15.4. The number of methoxy groups -OCH3 is 1. The number of aryl methyl sites for hydroxylation is 1. The van der Waals surface area contributed by atoms with E-state index in [1.54, 1.807) is 62.6 Å². The van der Waals surface area contributed by atoms with Crippen molar-refractivity contribution in [2.24, 2.45) is 0 Å². The molecule has 2 amide bonds. The highest BCUT2D eigenvalue weighted by Crippen LogP contribution is 2.27. The summed E-state index contributed by atoms with van der Waals surface area (Å²) in [5.74, 6) is 0.218. The number of hydrogen-bond donors (Lipinski definition) is 1. The predicted octanol–water partition coefficient (Wildman–Crippen LogP) is 6.19. The summed E-state index contributed by atoms with van der Waals surface area (Å²) in [5.41, 5.74) is 3.16. The minimum Gasteiger partial charge on any atom is -0.497 e. The normalized spacial score (nSPS) is 14.6. The van der Waals surface area contributed by atoms with Gasteiger partial charge in [-0.3, -0.25) is 13.9 Å². The van der Waals surface area contributed by atoms with Crippen LogP contribution in [-0.4, -0.2) is 50.9 Å². The van der Waals surface area contributed by atoms with Gasteiger partial charge in [-0.2, -0.15) is 0 Å². The zero-order valence-corrected chi connectivity index (χ0v) is 27.3. The molecule has 1 atom stereocenters. The average molecular weight is 620 g/mol. The molecule has 3 aromatic carbocycles. The van der Waals surface area contributed by atoms with Crippen molar-refractivity contribution in [1.82, 2.24) is 10.2 Å². The Balaban J connectivity index is 1.68. The van der Waals surface area contributed by atoms with E-state index in [0.717, 1.165) is 53.1 Å². The van der Waals surface area contributed by atoms with Crippen LogP contribution in [0.1, 0.15) is 75.5 Å². The predicted molar refractivity (Wildman–Crippen MR) is 174 cm³/mol. The third kappa shape index (κ3) is 8.20. The first-order chi connectivity index (χ1) is 21.0. The van der Waals surface area contributed by atoms with Crippen molar-refractivity contribution >= 4 is 27.5 Å². The summed E-state index contributed by atoms with van der Waals surface area (Å²) in [7, 11) is -2.53. The number of hydrogen-bond acceptors (Lipinski definition) is 5. The van der Waals surface area contributed by atoms with Gasteiger partial charge in [-0.25, -0.2) is 8.42 Å². The fourth-order valence-electron chi connectivity index (χ4n) is 5.47. The van der Waals surface area contributed by atoms with E-state index in [0.29, 0.717) is 11.4 Å². The van der Waals surface area contributed by atoms with Gasteiger partial charge in [0.1, 0.15) is 18.3 Å². The second-order valence-corrected chi connectivity index (χ2v) is 13.8. The van der Waals surface area contributed by atoms with Crippen molar-refractivity contribution in [3.63, 3.8) is 0 Å². The van der Waals surface area contributed by atoms with Crippen molar-refractivity contribution in [3.8, 4) is 5.75 Å². The van der Waals surface area contributed by atoms with Crippen molar-refractivity contribution in [2.45, 2.75) is 89.2 Å². The zero-order chi connectivity index (χ0) is 31.9. The number of carbonyl (C=O) groups is 2. The topological polar surface area (TPSA) is 96.0 Å². The number of carbonyl (C=O) groups excluding carboxylic acids is 2. The fraction of sp³-hybridized carbons (Fsp3) is 0.429. The molecule has 0 radical (unpaired) electrons. The van der Waals surface area contributed by atoms with Gasteiger partial charge in [0.05, 0.1) is 17.7 Å². The van der Waals surface area contributed by atoms with Crippen LogP contribution in [0.3, 0.4) is 0 Å². The SMILES string of the molecule is COc1ccc(CN(C(=O)CN(c2ccc(C(C)C)cc2)S(=O)(=O)c2ccc(C)cc2)[C@H](C)C(=O)NC2CCCCC2)cc1. The highest BCUT2D eigenvalue weighted by molar-refractivity contribution is 7.92. The molecule has 1 aliphatic rings. The lowest BCUT2D eigenvalue weighted by atomic mass is 9.95. The van der Waals surface area contributed by atoms with E-state index in [2.05, 4.69) is 19.2 Å². The molecule has 0 unspecified atom stereocenters. The summed E-state index contributed by atoms with van der Waals surface area (Å²) in [6.45, 7) is 7.39. The highest BCUT2D eigenvalue weighted by Gasteiger charge is 2.33. The minimum atomic E-state index is -4.11. The number of amides is 2. The van der Waals surface area contributed by atoms with Gasteiger partial charge in [0.25, 0.3) is 10.0 Å². The lowest BCUT2D eigenvalue weighted by molar-refractivity contribution is -0.139. The van der Waals surface area contributed by atoms with Gasteiger partial charge in [-0.05, 0) is 80.1 Å². The molecule has 0 spiro atoms. The molecule has 1 aliphatic carbocycles. The van der Waals surface area contributed by atoms with E-state index in [1.807, 2.05) is 31.2 Å². The summed E-state index contributed by atoms with van der Waals surface area (Å²) in [5, 5.41) is 3.14. The Kier molecular flexibility index (Phi) is 11.1. The maximum atomic E-state index is 14.2. The highest BCUT2D eigenvalue weighted by atomic mass is 32.2. The van der Waals surface area contributed by atoms with E-state index in [9.17, 15) is 18.0 Å². The van der Waals surface area contributed by atoms with Gasteiger partial charge in [0.15, 0.2) is 0 Å². The smallest absolute Gasteiger partial charge is 0.264 e. The van der Waals surface area contributed by atoms with Crippen molar-refractivity contribution in [1.29, 1.82) is 0 Å². The molecule has 0 saturated heterocycles. The summed E-state index contributed by atoms with van der Waals surface area (Å²) in [6.07, 6.45) is 5.12. The summed E-state index contributed by atoms with van der Waals surface area (Å²) in [4.78, 5) is 29.3. The third-order valence-electron chi connectivity index (χ3n) is 8.37. The second-order valence-electron chi connectivity index (χ2n) is 12.0. The molecule has 9 heteroatoms. The first kappa shape index (κ1) is 33.1. The number of nitrogens with zero attached hydrogens (tertiary/aromatic N) is 2. The van der Waals surface area contributed by atoms with Crippen LogP contribution >= 0.6 is 0 Å². The molecule has 0 aromatic heterocycles. The Hall–Kier alpha value is -3.85. The number of benzene rings is 3. The number of nitrogens with one attached hydrogen (secondary N) is 1.